The Hall–Kier alpha value is -0.800. The molecule has 3 nitrogen and oxygen atoms in total. The Morgan fingerprint density at radius 3 is 2.86 bits per heavy atom. The van der Waals surface area contributed by atoms with E-state index in [0.717, 1.165) is 25.3 Å². The first-order chi connectivity index (χ1) is 6.64. The van der Waals surface area contributed by atoms with Gasteiger partial charge in [0.05, 0.1) is 12.8 Å². The topological polar surface area (TPSA) is 45.4 Å². The fourth-order valence-corrected chi connectivity index (χ4v) is 1.33. The van der Waals surface area contributed by atoms with Crippen LogP contribution in [0.4, 0.5) is 0 Å². The van der Waals surface area contributed by atoms with Crippen LogP contribution in [0.3, 0.4) is 0 Å². The standard InChI is InChI=1S/C11H19NO2/c1-11(2,5-6-13)9-12-8-10-4-3-7-14-10/h3-4,7,12-13H,5-6,8-9H2,1-2H3. The number of nitrogens with one attached hydrogen (secondary N) is 1. The number of aliphatic hydroxyl groups is 1. The molecule has 0 atom stereocenters. The summed E-state index contributed by atoms with van der Waals surface area (Å²) in [5.41, 5.74) is 0.140. The third kappa shape index (κ3) is 3.94. The second-order valence-corrected chi connectivity index (χ2v) is 4.32. The van der Waals surface area contributed by atoms with E-state index in [9.17, 15) is 0 Å². The molecule has 1 aromatic rings. The third-order valence-electron chi connectivity index (χ3n) is 2.27. The van der Waals surface area contributed by atoms with Gasteiger partial charge in [-0.3, -0.25) is 0 Å². The molecule has 0 spiro atoms. The first kappa shape index (κ1) is 11.3. The van der Waals surface area contributed by atoms with Crippen molar-refractivity contribution in [3.63, 3.8) is 0 Å². The molecule has 0 fully saturated rings. The van der Waals surface area contributed by atoms with Crippen LogP contribution in [0.15, 0.2) is 22.8 Å². The molecule has 1 rings (SSSR count). The molecule has 0 bridgehead atoms. The Balaban J connectivity index is 2.20. The molecule has 0 aliphatic carbocycles. The lowest BCUT2D eigenvalue weighted by Crippen LogP contribution is -2.29. The number of rotatable bonds is 6. The fourth-order valence-electron chi connectivity index (χ4n) is 1.33. The number of furan rings is 1. The highest BCUT2D eigenvalue weighted by Crippen LogP contribution is 2.18. The van der Waals surface area contributed by atoms with Crippen molar-refractivity contribution in [2.75, 3.05) is 13.2 Å². The maximum Gasteiger partial charge on any atom is 0.117 e. The normalized spacial score (nSPS) is 11.9. The lowest BCUT2D eigenvalue weighted by molar-refractivity contribution is 0.206. The van der Waals surface area contributed by atoms with E-state index in [0.29, 0.717) is 0 Å². The van der Waals surface area contributed by atoms with Crippen molar-refractivity contribution in [1.82, 2.24) is 5.32 Å². The smallest absolute Gasteiger partial charge is 0.117 e. The van der Waals surface area contributed by atoms with Crippen molar-refractivity contribution in [1.29, 1.82) is 0 Å². The summed E-state index contributed by atoms with van der Waals surface area (Å²) in [7, 11) is 0. The van der Waals surface area contributed by atoms with Gasteiger partial charge in [-0.2, -0.15) is 0 Å². The van der Waals surface area contributed by atoms with Crippen LogP contribution in [0, 0.1) is 5.41 Å². The van der Waals surface area contributed by atoms with Crippen LogP contribution in [0.25, 0.3) is 0 Å². The predicted octanol–water partition coefficient (Wildman–Crippen LogP) is 1.78. The summed E-state index contributed by atoms with van der Waals surface area (Å²) in [6.45, 7) is 6.16. The quantitative estimate of drug-likeness (QED) is 0.730. The highest BCUT2D eigenvalue weighted by molar-refractivity contribution is 4.97. The van der Waals surface area contributed by atoms with Crippen molar-refractivity contribution in [3.8, 4) is 0 Å². The Kier molecular flexibility index (Phi) is 4.17. The predicted molar refractivity (Wildman–Crippen MR) is 55.9 cm³/mol. The van der Waals surface area contributed by atoms with Crippen molar-refractivity contribution in [3.05, 3.63) is 24.2 Å². The first-order valence-corrected chi connectivity index (χ1v) is 4.98. The van der Waals surface area contributed by atoms with Gasteiger partial charge >= 0.3 is 0 Å². The number of hydrogen-bond donors (Lipinski definition) is 2. The van der Waals surface area contributed by atoms with Gasteiger partial charge in [0.25, 0.3) is 0 Å². The van der Waals surface area contributed by atoms with Gasteiger partial charge in [0, 0.05) is 13.2 Å². The van der Waals surface area contributed by atoms with Crippen molar-refractivity contribution in [2.24, 2.45) is 5.41 Å². The lowest BCUT2D eigenvalue weighted by atomic mass is 9.90. The second-order valence-electron chi connectivity index (χ2n) is 4.32. The fraction of sp³-hybridized carbons (Fsp3) is 0.636. The Morgan fingerprint density at radius 1 is 1.50 bits per heavy atom. The van der Waals surface area contributed by atoms with Crippen molar-refractivity contribution < 1.29 is 9.52 Å². The van der Waals surface area contributed by atoms with E-state index in [-0.39, 0.29) is 12.0 Å². The SMILES string of the molecule is CC(C)(CCO)CNCc1ccco1. The molecule has 14 heavy (non-hydrogen) atoms. The van der Waals surface area contributed by atoms with Crippen molar-refractivity contribution in [2.45, 2.75) is 26.8 Å². The molecule has 0 aromatic carbocycles. The van der Waals surface area contributed by atoms with E-state index in [1.165, 1.54) is 0 Å². The highest BCUT2D eigenvalue weighted by Gasteiger charge is 2.16. The highest BCUT2D eigenvalue weighted by atomic mass is 16.3. The minimum absolute atomic E-state index is 0.140. The summed E-state index contributed by atoms with van der Waals surface area (Å²) in [6.07, 6.45) is 2.49. The first-order valence-electron chi connectivity index (χ1n) is 4.98. The van der Waals surface area contributed by atoms with Gasteiger partial charge in [0.2, 0.25) is 0 Å². The molecule has 0 amide bonds. The maximum absolute atomic E-state index is 8.84. The van der Waals surface area contributed by atoms with E-state index >= 15 is 0 Å². The second kappa shape index (κ2) is 5.17. The van der Waals surface area contributed by atoms with Gasteiger partial charge in [-0.05, 0) is 24.0 Å². The maximum atomic E-state index is 8.84. The van der Waals surface area contributed by atoms with E-state index in [4.69, 9.17) is 9.52 Å². The zero-order valence-corrected chi connectivity index (χ0v) is 8.92. The molecule has 2 N–H and O–H groups in total. The molecule has 0 aliphatic heterocycles. The monoisotopic (exact) mass is 197 g/mol. The van der Waals surface area contributed by atoms with Gasteiger partial charge < -0.3 is 14.8 Å². The van der Waals surface area contributed by atoms with E-state index < -0.39 is 0 Å². The van der Waals surface area contributed by atoms with Crippen LogP contribution in [-0.2, 0) is 6.54 Å². The van der Waals surface area contributed by atoms with Crippen LogP contribution >= 0.6 is 0 Å². The zero-order valence-electron chi connectivity index (χ0n) is 8.92. The summed E-state index contributed by atoms with van der Waals surface area (Å²) in [6, 6.07) is 3.84. The van der Waals surface area contributed by atoms with Crippen LogP contribution < -0.4 is 5.32 Å². The summed E-state index contributed by atoms with van der Waals surface area (Å²) in [5.74, 6) is 0.949. The molecular weight excluding hydrogens is 178 g/mol. The third-order valence-corrected chi connectivity index (χ3v) is 2.27. The molecule has 0 aliphatic rings. The molecule has 1 heterocycles. The minimum Gasteiger partial charge on any atom is -0.468 e. The average Bonchev–Trinajstić information content (AvgIpc) is 2.56. The van der Waals surface area contributed by atoms with Crippen LogP contribution in [0.5, 0.6) is 0 Å². The summed E-state index contributed by atoms with van der Waals surface area (Å²) in [4.78, 5) is 0. The molecule has 0 saturated heterocycles. The van der Waals surface area contributed by atoms with Crippen LogP contribution in [0.1, 0.15) is 26.0 Å². The van der Waals surface area contributed by atoms with Gasteiger partial charge in [-0.25, -0.2) is 0 Å². The number of hydrogen-bond acceptors (Lipinski definition) is 3. The van der Waals surface area contributed by atoms with Crippen LogP contribution in [0.2, 0.25) is 0 Å². The molecule has 0 unspecified atom stereocenters. The molecule has 0 radical (unpaired) electrons. The zero-order chi connectivity index (χ0) is 10.4. The molecular formula is C11H19NO2. The van der Waals surface area contributed by atoms with Gasteiger partial charge in [-0.15, -0.1) is 0 Å². The summed E-state index contributed by atoms with van der Waals surface area (Å²) < 4.78 is 5.20. The van der Waals surface area contributed by atoms with Crippen molar-refractivity contribution >= 4 is 0 Å². The van der Waals surface area contributed by atoms with Crippen LogP contribution in [-0.4, -0.2) is 18.3 Å². The summed E-state index contributed by atoms with van der Waals surface area (Å²) in [5, 5.41) is 12.1. The molecule has 0 saturated carbocycles. The average molecular weight is 197 g/mol. The Morgan fingerprint density at radius 2 is 2.29 bits per heavy atom. The van der Waals surface area contributed by atoms with Gasteiger partial charge in [0.15, 0.2) is 0 Å². The van der Waals surface area contributed by atoms with E-state index in [2.05, 4.69) is 19.2 Å². The molecule has 1 aromatic heterocycles. The minimum atomic E-state index is 0.140. The van der Waals surface area contributed by atoms with Gasteiger partial charge in [0.1, 0.15) is 5.76 Å². The molecule has 80 valence electrons. The van der Waals surface area contributed by atoms with E-state index in [1.807, 2.05) is 12.1 Å². The van der Waals surface area contributed by atoms with E-state index in [1.54, 1.807) is 6.26 Å². The lowest BCUT2D eigenvalue weighted by Gasteiger charge is -2.23. The number of aliphatic hydroxyl groups excluding tert-OH is 1. The Labute approximate surface area is 85.1 Å². The largest absolute Gasteiger partial charge is 0.468 e. The summed E-state index contributed by atoms with van der Waals surface area (Å²) >= 11 is 0. The van der Waals surface area contributed by atoms with Gasteiger partial charge in [-0.1, -0.05) is 13.8 Å². The Bertz CT molecular complexity index is 242. The molecule has 3 heteroatoms.